The maximum atomic E-state index is 5.44. The van der Waals surface area contributed by atoms with Gasteiger partial charge >= 0.3 is 0 Å². The topological polar surface area (TPSA) is 3.24 Å². The summed E-state index contributed by atoms with van der Waals surface area (Å²) < 4.78 is 0. The lowest BCUT2D eigenvalue weighted by Crippen LogP contribution is -2.32. The third kappa shape index (κ3) is 4.11. The first kappa shape index (κ1) is 18.6. The van der Waals surface area contributed by atoms with E-state index in [4.69, 9.17) is 7.85 Å². The van der Waals surface area contributed by atoms with E-state index in [0.29, 0.717) is 5.92 Å². The molecule has 1 aliphatic heterocycles. The van der Waals surface area contributed by atoms with Gasteiger partial charge in [-0.2, -0.15) is 5.82 Å². The molecule has 0 atom stereocenters. The van der Waals surface area contributed by atoms with Gasteiger partial charge in [0.05, 0.1) is 0 Å². The minimum absolute atomic E-state index is 0.575. The molecule has 26 heavy (non-hydrogen) atoms. The van der Waals surface area contributed by atoms with Gasteiger partial charge in [-0.25, -0.2) is 0 Å². The normalized spacial score (nSPS) is 15.3. The zero-order chi connectivity index (χ0) is 18.5. The lowest BCUT2D eigenvalue weighted by atomic mass is 9.86. The Labute approximate surface area is 159 Å². The van der Waals surface area contributed by atoms with Crippen LogP contribution in [0, 0.1) is 25.6 Å². The zero-order valence-electron chi connectivity index (χ0n) is 15.9. The van der Waals surface area contributed by atoms with Crippen LogP contribution in [-0.4, -0.2) is 25.8 Å². The fraction of sp³-hybridized carbons (Fsp3) is 0.333. The molecule has 0 N–H and O–H groups in total. The number of aryl methyl sites for hydroxylation is 2. The molecule has 2 aromatic rings. The SMILES string of the molecule is [B]C#Cc1ccccc1C1CCN(Cc2cc(C=C)c(C)cc2C)CC1. The third-order valence-corrected chi connectivity index (χ3v) is 5.53. The number of rotatable bonds is 4. The first-order valence-electron chi connectivity index (χ1n) is 9.38. The smallest absolute Gasteiger partial charge is 0.188 e. The van der Waals surface area contributed by atoms with Crippen LogP contribution in [0.4, 0.5) is 0 Å². The Morgan fingerprint density at radius 1 is 1.15 bits per heavy atom. The molecule has 0 unspecified atom stereocenters. The summed E-state index contributed by atoms with van der Waals surface area (Å²) in [7, 11) is 5.44. The van der Waals surface area contributed by atoms with Crippen LogP contribution in [0.1, 0.15) is 52.1 Å². The van der Waals surface area contributed by atoms with E-state index in [-0.39, 0.29) is 0 Å². The summed E-state index contributed by atoms with van der Waals surface area (Å²) in [5.74, 6) is 6.19. The standard InChI is InChI=1S/C24H26BN/c1-4-20-16-23(19(3)15-18(20)2)17-26-13-10-22(11-14-26)24-8-6-5-7-21(24)9-12-25/h4-8,15-16,22H,1,10-11,13-14,17H2,2-3H3. The van der Waals surface area contributed by atoms with Crippen molar-refractivity contribution in [3.8, 4) is 11.7 Å². The molecule has 0 saturated carbocycles. The van der Waals surface area contributed by atoms with E-state index in [0.717, 1.165) is 25.2 Å². The summed E-state index contributed by atoms with van der Waals surface area (Å²) in [5, 5.41) is 0. The van der Waals surface area contributed by atoms with Crippen LogP contribution in [0.2, 0.25) is 0 Å². The predicted octanol–water partition coefficient (Wildman–Crippen LogP) is 4.80. The van der Waals surface area contributed by atoms with Gasteiger partial charge in [-0.1, -0.05) is 42.8 Å². The summed E-state index contributed by atoms with van der Waals surface area (Å²) in [4.78, 5) is 2.57. The molecule has 130 valence electrons. The van der Waals surface area contributed by atoms with Gasteiger partial charge in [-0.15, -0.1) is 0 Å². The predicted molar refractivity (Wildman–Crippen MR) is 112 cm³/mol. The van der Waals surface area contributed by atoms with E-state index in [1.165, 1.54) is 40.7 Å². The van der Waals surface area contributed by atoms with Gasteiger partial charge in [0, 0.05) is 12.1 Å². The van der Waals surface area contributed by atoms with E-state index in [1.54, 1.807) is 0 Å². The van der Waals surface area contributed by atoms with Gasteiger partial charge in [-0.05, 0) is 85.6 Å². The molecule has 1 heterocycles. The third-order valence-electron chi connectivity index (χ3n) is 5.53. The Kier molecular flexibility index (Phi) is 6.02. The Balaban J connectivity index is 1.68. The Morgan fingerprint density at radius 3 is 2.58 bits per heavy atom. The molecule has 1 nitrogen and oxygen atoms in total. The highest BCUT2D eigenvalue weighted by Gasteiger charge is 2.22. The molecule has 0 bridgehead atoms. The van der Waals surface area contributed by atoms with E-state index in [2.05, 4.69) is 67.4 Å². The fourth-order valence-corrected chi connectivity index (χ4v) is 3.99. The number of piperidine rings is 1. The summed E-state index contributed by atoms with van der Waals surface area (Å²) in [6.45, 7) is 11.6. The van der Waals surface area contributed by atoms with Crippen LogP contribution in [0.25, 0.3) is 6.08 Å². The minimum atomic E-state index is 0.575. The van der Waals surface area contributed by atoms with Gasteiger partial charge in [0.15, 0.2) is 7.85 Å². The van der Waals surface area contributed by atoms with Crippen molar-refractivity contribution in [1.82, 2.24) is 4.90 Å². The van der Waals surface area contributed by atoms with Crippen LogP contribution in [0.15, 0.2) is 43.0 Å². The van der Waals surface area contributed by atoms with Crippen molar-refractivity contribution < 1.29 is 0 Å². The van der Waals surface area contributed by atoms with Crippen molar-refractivity contribution in [2.75, 3.05) is 13.1 Å². The number of benzene rings is 2. The highest BCUT2D eigenvalue weighted by molar-refractivity contribution is 6.22. The largest absolute Gasteiger partial charge is 0.299 e. The molecule has 0 aromatic heterocycles. The van der Waals surface area contributed by atoms with Crippen molar-refractivity contribution in [3.63, 3.8) is 0 Å². The van der Waals surface area contributed by atoms with Crippen LogP contribution in [0.3, 0.4) is 0 Å². The summed E-state index contributed by atoms with van der Waals surface area (Å²) in [6, 6.07) is 13.0. The second-order valence-corrected chi connectivity index (χ2v) is 7.25. The lowest BCUT2D eigenvalue weighted by molar-refractivity contribution is 0.204. The molecule has 2 aromatic carbocycles. The Hall–Kier alpha value is -2.24. The molecule has 2 radical (unpaired) electrons. The van der Waals surface area contributed by atoms with Crippen LogP contribution < -0.4 is 0 Å². The fourth-order valence-electron chi connectivity index (χ4n) is 3.99. The maximum Gasteiger partial charge on any atom is 0.188 e. The van der Waals surface area contributed by atoms with Crippen molar-refractivity contribution in [2.45, 2.75) is 39.2 Å². The maximum absolute atomic E-state index is 5.44. The molecule has 3 rings (SSSR count). The van der Waals surface area contributed by atoms with E-state index >= 15 is 0 Å². The molecule has 0 aliphatic carbocycles. The van der Waals surface area contributed by atoms with Gasteiger partial charge < -0.3 is 0 Å². The molecule has 1 saturated heterocycles. The van der Waals surface area contributed by atoms with Crippen molar-refractivity contribution >= 4 is 13.9 Å². The van der Waals surface area contributed by atoms with E-state index < -0.39 is 0 Å². The van der Waals surface area contributed by atoms with Gasteiger partial charge in [0.1, 0.15) is 0 Å². The average molecular weight is 339 g/mol. The Morgan fingerprint density at radius 2 is 1.88 bits per heavy atom. The first-order chi connectivity index (χ1) is 12.6. The minimum Gasteiger partial charge on any atom is -0.299 e. The second kappa shape index (κ2) is 8.43. The highest BCUT2D eigenvalue weighted by Crippen LogP contribution is 2.31. The first-order valence-corrected chi connectivity index (χ1v) is 9.38. The monoisotopic (exact) mass is 339 g/mol. The van der Waals surface area contributed by atoms with E-state index in [1.807, 2.05) is 12.1 Å². The lowest BCUT2D eigenvalue weighted by Gasteiger charge is -2.33. The van der Waals surface area contributed by atoms with E-state index in [9.17, 15) is 0 Å². The van der Waals surface area contributed by atoms with Gasteiger partial charge in [-0.3, -0.25) is 4.90 Å². The molecular formula is C24H26BN. The van der Waals surface area contributed by atoms with Gasteiger partial charge in [0.2, 0.25) is 0 Å². The summed E-state index contributed by atoms with van der Waals surface area (Å²) in [5.41, 5.74) is 7.77. The molecule has 1 fully saturated rings. The van der Waals surface area contributed by atoms with Crippen molar-refractivity contribution in [3.05, 3.63) is 76.4 Å². The molecule has 2 heteroatoms. The quantitative estimate of drug-likeness (QED) is 0.571. The summed E-state index contributed by atoms with van der Waals surface area (Å²) >= 11 is 0. The number of likely N-dealkylation sites (tertiary alicyclic amines) is 1. The van der Waals surface area contributed by atoms with Crippen molar-refractivity contribution in [1.29, 1.82) is 0 Å². The molecule has 0 amide bonds. The Bertz CT molecular complexity index is 848. The molecule has 1 aliphatic rings. The molecule has 0 spiro atoms. The van der Waals surface area contributed by atoms with Crippen molar-refractivity contribution in [2.24, 2.45) is 0 Å². The number of nitrogens with zero attached hydrogens (tertiary/aromatic N) is 1. The average Bonchev–Trinajstić information content (AvgIpc) is 2.65. The number of hydrogen-bond acceptors (Lipinski definition) is 1. The van der Waals surface area contributed by atoms with Gasteiger partial charge in [0.25, 0.3) is 0 Å². The van der Waals surface area contributed by atoms with Crippen LogP contribution in [-0.2, 0) is 6.54 Å². The van der Waals surface area contributed by atoms with Crippen LogP contribution in [0.5, 0.6) is 0 Å². The highest BCUT2D eigenvalue weighted by atomic mass is 15.1. The molecular weight excluding hydrogens is 313 g/mol. The number of hydrogen-bond donors (Lipinski definition) is 0. The summed E-state index contributed by atoms with van der Waals surface area (Å²) in [6.07, 6.45) is 4.30. The van der Waals surface area contributed by atoms with Crippen LogP contribution >= 0.6 is 0 Å². The second-order valence-electron chi connectivity index (χ2n) is 7.25. The zero-order valence-corrected chi connectivity index (χ0v) is 15.9.